The largest absolute Gasteiger partial charge is 0.389 e. The fraction of sp³-hybridized carbons (Fsp3) is 0.467. The van der Waals surface area contributed by atoms with E-state index in [4.69, 9.17) is 18.0 Å². The number of thiocarbonyl (C=S) groups is 1. The molecule has 4 nitrogen and oxygen atoms in total. The zero-order chi connectivity index (χ0) is 14.5. The minimum absolute atomic E-state index is 0.227. The van der Waals surface area contributed by atoms with Crippen molar-refractivity contribution < 1.29 is 4.79 Å². The molecule has 1 saturated heterocycles. The molecule has 1 aliphatic rings. The van der Waals surface area contributed by atoms with Gasteiger partial charge in [0.05, 0.1) is 6.54 Å². The second-order valence-corrected chi connectivity index (χ2v) is 5.76. The van der Waals surface area contributed by atoms with Crippen LogP contribution in [0.2, 0.25) is 0 Å². The van der Waals surface area contributed by atoms with Gasteiger partial charge in [0.2, 0.25) is 5.91 Å². The van der Waals surface area contributed by atoms with Crippen molar-refractivity contribution in [2.75, 3.05) is 26.7 Å². The summed E-state index contributed by atoms with van der Waals surface area (Å²) in [5, 5.41) is 0. The summed E-state index contributed by atoms with van der Waals surface area (Å²) in [6.45, 7) is 3.04. The first-order valence-corrected chi connectivity index (χ1v) is 7.32. The summed E-state index contributed by atoms with van der Waals surface area (Å²) in [6, 6.07) is 7.86. The highest BCUT2D eigenvalue weighted by Gasteiger charge is 2.18. The van der Waals surface area contributed by atoms with E-state index in [9.17, 15) is 4.79 Å². The molecule has 2 N–H and O–H groups in total. The monoisotopic (exact) mass is 291 g/mol. The second-order valence-electron chi connectivity index (χ2n) is 5.32. The third kappa shape index (κ3) is 4.02. The van der Waals surface area contributed by atoms with Crippen molar-refractivity contribution >= 4 is 23.1 Å². The molecule has 1 aliphatic heterocycles. The molecule has 0 spiro atoms. The zero-order valence-corrected chi connectivity index (χ0v) is 12.7. The number of nitrogens with zero attached hydrogens (tertiary/aromatic N) is 2. The number of amides is 1. The molecule has 1 fully saturated rings. The van der Waals surface area contributed by atoms with Gasteiger partial charge in [-0.1, -0.05) is 36.5 Å². The van der Waals surface area contributed by atoms with Crippen LogP contribution in [0.5, 0.6) is 0 Å². The highest BCUT2D eigenvalue weighted by molar-refractivity contribution is 7.80. The van der Waals surface area contributed by atoms with Crippen LogP contribution < -0.4 is 5.73 Å². The Morgan fingerprint density at radius 3 is 2.45 bits per heavy atom. The van der Waals surface area contributed by atoms with Crippen molar-refractivity contribution in [3.8, 4) is 0 Å². The van der Waals surface area contributed by atoms with Crippen molar-refractivity contribution in [2.24, 2.45) is 5.73 Å². The van der Waals surface area contributed by atoms with Crippen LogP contribution in [-0.2, 0) is 11.3 Å². The average molecular weight is 291 g/mol. The number of carbonyl (C=O) groups is 1. The molecule has 1 amide bonds. The predicted molar refractivity (Wildman–Crippen MR) is 84.5 cm³/mol. The Morgan fingerprint density at radius 2 is 1.90 bits per heavy atom. The second kappa shape index (κ2) is 6.81. The van der Waals surface area contributed by atoms with E-state index < -0.39 is 0 Å². The van der Waals surface area contributed by atoms with Crippen LogP contribution in [0.15, 0.2) is 24.3 Å². The van der Waals surface area contributed by atoms with Crippen LogP contribution >= 0.6 is 12.2 Å². The molecule has 0 aromatic heterocycles. The van der Waals surface area contributed by atoms with Crippen LogP contribution in [0.25, 0.3) is 0 Å². The molecule has 108 valence electrons. The van der Waals surface area contributed by atoms with E-state index in [2.05, 4.69) is 0 Å². The Morgan fingerprint density at radius 1 is 1.30 bits per heavy atom. The molecule has 20 heavy (non-hydrogen) atoms. The van der Waals surface area contributed by atoms with E-state index in [1.807, 2.05) is 41.1 Å². The minimum atomic E-state index is 0.227. The maximum atomic E-state index is 12.0. The van der Waals surface area contributed by atoms with Gasteiger partial charge in [0.15, 0.2) is 0 Å². The lowest BCUT2D eigenvalue weighted by Gasteiger charge is -2.21. The lowest BCUT2D eigenvalue weighted by Crippen LogP contribution is -2.36. The Bertz CT molecular complexity index is 480. The topological polar surface area (TPSA) is 49.6 Å². The summed E-state index contributed by atoms with van der Waals surface area (Å²) in [5.74, 6) is 0.227. The van der Waals surface area contributed by atoms with E-state index in [0.717, 1.165) is 43.6 Å². The fourth-order valence-electron chi connectivity index (χ4n) is 2.44. The molecule has 0 saturated carbocycles. The van der Waals surface area contributed by atoms with Gasteiger partial charge in [0.1, 0.15) is 4.99 Å². The average Bonchev–Trinajstić information content (AvgIpc) is 2.93. The van der Waals surface area contributed by atoms with Crippen molar-refractivity contribution in [3.05, 3.63) is 35.4 Å². The molecule has 0 unspecified atom stereocenters. The number of likely N-dealkylation sites (N-methyl/N-ethyl adjacent to an activating group) is 1. The summed E-state index contributed by atoms with van der Waals surface area (Å²) >= 11 is 4.93. The normalized spacial score (nSPS) is 14.8. The lowest BCUT2D eigenvalue weighted by molar-refractivity contribution is -0.131. The zero-order valence-electron chi connectivity index (χ0n) is 11.8. The number of hydrogen-bond acceptors (Lipinski definition) is 3. The van der Waals surface area contributed by atoms with Crippen LogP contribution in [0.4, 0.5) is 0 Å². The fourth-order valence-corrected chi connectivity index (χ4v) is 2.58. The van der Waals surface area contributed by atoms with Gasteiger partial charge in [-0.15, -0.1) is 0 Å². The van der Waals surface area contributed by atoms with Crippen molar-refractivity contribution in [1.29, 1.82) is 0 Å². The molecule has 0 aliphatic carbocycles. The third-order valence-electron chi connectivity index (χ3n) is 3.55. The van der Waals surface area contributed by atoms with E-state index >= 15 is 0 Å². The first-order valence-electron chi connectivity index (χ1n) is 6.91. The van der Waals surface area contributed by atoms with Crippen LogP contribution in [-0.4, -0.2) is 47.4 Å². The summed E-state index contributed by atoms with van der Waals surface area (Å²) in [6.07, 6.45) is 2.27. The Kier molecular flexibility index (Phi) is 5.09. The number of likely N-dealkylation sites (tertiary alicyclic amines) is 1. The van der Waals surface area contributed by atoms with Gasteiger partial charge < -0.3 is 10.6 Å². The number of carbonyl (C=O) groups excluding carboxylic acids is 1. The Balaban J connectivity index is 1.85. The van der Waals surface area contributed by atoms with E-state index in [1.54, 1.807) is 0 Å². The summed E-state index contributed by atoms with van der Waals surface area (Å²) in [4.78, 5) is 16.4. The van der Waals surface area contributed by atoms with Crippen molar-refractivity contribution in [2.45, 2.75) is 19.4 Å². The SMILES string of the molecule is CN(CC(=O)N1CCCC1)Cc1ccc(C(N)=S)cc1. The summed E-state index contributed by atoms with van der Waals surface area (Å²) in [7, 11) is 1.97. The number of benzene rings is 1. The van der Waals surface area contributed by atoms with Gasteiger partial charge in [-0.3, -0.25) is 9.69 Å². The van der Waals surface area contributed by atoms with Crippen molar-refractivity contribution in [1.82, 2.24) is 9.80 Å². The van der Waals surface area contributed by atoms with Gasteiger partial charge in [-0.25, -0.2) is 0 Å². The molecule has 0 atom stereocenters. The summed E-state index contributed by atoms with van der Waals surface area (Å²) < 4.78 is 0. The molecule has 1 heterocycles. The first-order chi connectivity index (χ1) is 9.56. The Hall–Kier alpha value is -1.46. The highest BCUT2D eigenvalue weighted by Crippen LogP contribution is 2.10. The molecular weight excluding hydrogens is 270 g/mol. The quantitative estimate of drug-likeness (QED) is 0.833. The van der Waals surface area contributed by atoms with Gasteiger partial charge in [0.25, 0.3) is 0 Å². The standard InChI is InChI=1S/C15H21N3OS/c1-17(11-14(19)18-8-2-3-9-18)10-12-4-6-13(7-5-12)15(16)20/h4-7H,2-3,8-11H2,1H3,(H2,16,20). The molecule has 1 aromatic carbocycles. The van der Waals surface area contributed by atoms with Gasteiger partial charge in [-0.2, -0.15) is 0 Å². The highest BCUT2D eigenvalue weighted by atomic mass is 32.1. The molecule has 0 bridgehead atoms. The van der Waals surface area contributed by atoms with Crippen molar-refractivity contribution in [3.63, 3.8) is 0 Å². The molecule has 1 aromatic rings. The van der Waals surface area contributed by atoms with E-state index in [0.29, 0.717) is 11.5 Å². The van der Waals surface area contributed by atoms with Crippen LogP contribution in [0, 0.1) is 0 Å². The number of hydrogen-bond donors (Lipinski definition) is 1. The maximum Gasteiger partial charge on any atom is 0.236 e. The van der Waals surface area contributed by atoms with E-state index in [1.165, 1.54) is 0 Å². The maximum absolute atomic E-state index is 12.0. The van der Waals surface area contributed by atoms with Gasteiger partial charge in [0, 0.05) is 25.2 Å². The van der Waals surface area contributed by atoms with Gasteiger partial charge in [-0.05, 0) is 25.5 Å². The number of nitrogens with two attached hydrogens (primary N) is 1. The minimum Gasteiger partial charge on any atom is -0.389 e. The Labute approximate surface area is 125 Å². The predicted octanol–water partition coefficient (Wildman–Crippen LogP) is 1.37. The first kappa shape index (κ1) is 14.9. The van der Waals surface area contributed by atoms with Gasteiger partial charge >= 0.3 is 0 Å². The summed E-state index contributed by atoms with van der Waals surface area (Å²) in [5.41, 5.74) is 7.60. The molecule has 5 heteroatoms. The molecule has 0 radical (unpaired) electrons. The number of rotatable bonds is 5. The van der Waals surface area contributed by atoms with E-state index in [-0.39, 0.29) is 5.91 Å². The molecular formula is C15H21N3OS. The lowest BCUT2D eigenvalue weighted by atomic mass is 10.1. The third-order valence-corrected chi connectivity index (χ3v) is 3.79. The van der Waals surface area contributed by atoms with Crippen LogP contribution in [0.1, 0.15) is 24.0 Å². The molecule has 2 rings (SSSR count). The van der Waals surface area contributed by atoms with Crippen LogP contribution in [0.3, 0.4) is 0 Å². The smallest absolute Gasteiger partial charge is 0.236 e.